The molecule has 1 aliphatic rings. The van der Waals surface area contributed by atoms with E-state index in [0.717, 1.165) is 43.2 Å². The van der Waals surface area contributed by atoms with Crippen LogP contribution in [0.3, 0.4) is 0 Å². The fourth-order valence-electron chi connectivity index (χ4n) is 3.24. The summed E-state index contributed by atoms with van der Waals surface area (Å²) in [7, 11) is 2.15. The molecule has 2 aromatic rings. The van der Waals surface area contributed by atoms with Gasteiger partial charge in [-0.2, -0.15) is 0 Å². The first-order valence-corrected chi connectivity index (χ1v) is 9.51. The minimum absolute atomic E-state index is 0.151. The van der Waals surface area contributed by atoms with Crippen molar-refractivity contribution in [1.29, 1.82) is 0 Å². The van der Waals surface area contributed by atoms with E-state index in [1.807, 2.05) is 38.1 Å². The lowest BCUT2D eigenvalue weighted by Gasteiger charge is -2.34. The van der Waals surface area contributed by atoms with E-state index in [1.54, 1.807) is 6.92 Å². The predicted molar refractivity (Wildman–Crippen MR) is 111 cm³/mol. The highest BCUT2D eigenvalue weighted by molar-refractivity contribution is 5.94. The first-order valence-electron chi connectivity index (χ1n) is 9.51. The average molecular weight is 367 g/mol. The van der Waals surface area contributed by atoms with Gasteiger partial charge < -0.3 is 19.9 Å². The summed E-state index contributed by atoms with van der Waals surface area (Å²) in [6, 6.07) is 14.0. The Balaban J connectivity index is 1.57. The molecule has 1 amide bonds. The van der Waals surface area contributed by atoms with Crippen LogP contribution in [0.5, 0.6) is 5.75 Å². The Kier molecular flexibility index (Phi) is 6.01. The van der Waals surface area contributed by atoms with Crippen LogP contribution in [0.2, 0.25) is 0 Å². The molecule has 1 fully saturated rings. The third-order valence-corrected chi connectivity index (χ3v) is 5.01. The molecule has 0 saturated carbocycles. The molecular formula is C22H29N3O2. The lowest BCUT2D eigenvalue weighted by molar-refractivity contribution is -0.122. The average Bonchev–Trinajstić information content (AvgIpc) is 2.65. The van der Waals surface area contributed by atoms with E-state index >= 15 is 0 Å². The first kappa shape index (κ1) is 19.2. The molecule has 0 radical (unpaired) electrons. The number of rotatable bonds is 5. The molecule has 1 atom stereocenters. The van der Waals surface area contributed by atoms with Crippen molar-refractivity contribution < 1.29 is 9.53 Å². The van der Waals surface area contributed by atoms with Crippen LogP contribution < -0.4 is 15.0 Å². The highest BCUT2D eigenvalue weighted by atomic mass is 16.5. The highest BCUT2D eigenvalue weighted by Gasteiger charge is 2.17. The van der Waals surface area contributed by atoms with Crippen molar-refractivity contribution in [3.63, 3.8) is 0 Å². The zero-order valence-corrected chi connectivity index (χ0v) is 16.7. The van der Waals surface area contributed by atoms with E-state index in [0.29, 0.717) is 0 Å². The van der Waals surface area contributed by atoms with Crippen LogP contribution in [0, 0.1) is 13.8 Å². The van der Waals surface area contributed by atoms with E-state index in [9.17, 15) is 4.79 Å². The normalized spacial score (nSPS) is 16.1. The minimum Gasteiger partial charge on any atom is -0.481 e. The molecule has 1 unspecified atom stereocenters. The Morgan fingerprint density at radius 1 is 1.04 bits per heavy atom. The third-order valence-electron chi connectivity index (χ3n) is 5.01. The van der Waals surface area contributed by atoms with Crippen molar-refractivity contribution in [1.82, 2.24) is 4.90 Å². The molecule has 0 aliphatic carbocycles. The second-order valence-electron chi connectivity index (χ2n) is 7.36. The summed E-state index contributed by atoms with van der Waals surface area (Å²) in [5, 5.41) is 2.94. The molecule has 2 aromatic carbocycles. The Morgan fingerprint density at radius 3 is 2.33 bits per heavy atom. The lowest BCUT2D eigenvalue weighted by atomic mass is 10.1. The van der Waals surface area contributed by atoms with Gasteiger partial charge in [0.15, 0.2) is 6.10 Å². The van der Waals surface area contributed by atoms with Crippen molar-refractivity contribution in [3.05, 3.63) is 53.6 Å². The van der Waals surface area contributed by atoms with Crippen molar-refractivity contribution in [2.45, 2.75) is 26.9 Å². The van der Waals surface area contributed by atoms with Crippen molar-refractivity contribution >= 4 is 17.3 Å². The Morgan fingerprint density at radius 2 is 1.70 bits per heavy atom. The number of hydrogen-bond acceptors (Lipinski definition) is 4. The second kappa shape index (κ2) is 8.44. The van der Waals surface area contributed by atoms with Crippen LogP contribution in [0.1, 0.15) is 18.1 Å². The van der Waals surface area contributed by atoms with Gasteiger partial charge in [-0.05, 0) is 63.7 Å². The topological polar surface area (TPSA) is 44.8 Å². The van der Waals surface area contributed by atoms with Crippen molar-refractivity contribution in [2.75, 3.05) is 43.4 Å². The number of anilines is 2. The molecule has 1 saturated heterocycles. The van der Waals surface area contributed by atoms with E-state index in [1.165, 1.54) is 11.3 Å². The largest absolute Gasteiger partial charge is 0.481 e. The number of piperazine rings is 1. The molecular weight excluding hydrogens is 338 g/mol. The zero-order valence-electron chi connectivity index (χ0n) is 16.7. The number of carbonyl (C=O) groups is 1. The highest BCUT2D eigenvalue weighted by Crippen LogP contribution is 2.22. The van der Waals surface area contributed by atoms with Gasteiger partial charge >= 0.3 is 0 Å². The van der Waals surface area contributed by atoms with Crippen LogP contribution in [0.4, 0.5) is 11.4 Å². The summed E-state index contributed by atoms with van der Waals surface area (Å²) in [6.07, 6.45) is -0.566. The monoisotopic (exact) mass is 367 g/mol. The van der Waals surface area contributed by atoms with Gasteiger partial charge in [-0.25, -0.2) is 0 Å². The molecule has 5 nitrogen and oxygen atoms in total. The SMILES string of the molecule is Cc1ccc(OC(C)C(=O)Nc2ccc(N3CCN(C)CC3)cc2)c(C)c1. The second-order valence-corrected chi connectivity index (χ2v) is 7.36. The standard InChI is InChI=1S/C22H29N3O2/c1-16-5-10-21(17(2)15-16)27-18(3)22(26)23-19-6-8-20(9-7-19)25-13-11-24(4)12-14-25/h5-10,15,18H,11-14H2,1-4H3,(H,23,26). The predicted octanol–water partition coefficient (Wildman–Crippen LogP) is 3.46. The molecule has 3 rings (SSSR count). The maximum absolute atomic E-state index is 12.5. The fraction of sp³-hybridized carbons (Fsp3) is 0.409. The Hall–Kier alpha value is -2.53. The molecule has 1 N–H and O–H groups in total. The van der Waals surface area contributed by atoms with E-state index in [-0.39, 0.29) is 5.91 Å². The maximum atomic E-state index is 12.5. The molecule has 27 heavy (non-hydrogen) atoms. The smallest absolute Gasteiger partial charge is 0.265 e. The zero-order chi connectivity index (χ0) is 19.4. The molecule has 0 aromatic heterocycles. The van der Waals surface area contributed by atoms with Crippen LogP contribution in [0.15, 0.2) is 42.5 Å². The summed E-state index contributed by atoms with van der Waals surface area (Å²) in [5.74, 6) is 0.594. The number of nitrogens with zero attached hydrogens (tertiary/aromatic N) is 2. The summed E-state index contributed by atoms with van der Waals surface area (Å²) in [4.78, 5) is 17.2. The molecule has 1 heterocycles. The number of aryl methyl sites for hydroxylation is 2. The van der Waals surface area contributed by atoms with Gasteiger partial charge in [0.1, 0.15) is 5.75 Å². The number of carbonyl (C=O) groups excluding carboxylic acids is 1. The number of amides is 1. The van der Waals surface area contributed by atoms with Crippen LogP contribution >= 0.6 is 0 Å². The number of likely N-dealkylation sites (N-methyl/N-ethyl adjacent to an activating group) is 1. The van der Waals surface area contributed by atoms with Gasteiger partial charge in [-0.3, -0.25) is 4.79 Å². The number of benzene rings is 2. The van der Waals surface area contributed by atoms with Crippen LogP contribution in [-0.2, 0) is 4.79 Å². The van der Waals surface area contributed by atoms with E-state index < -0.39 is 6.10 Å². The van der Waals surface area contributed by atoms with Gasteiger partial charge in [0.2, 0.25) is 0 Å². The van der Waals surface area contributed by atoms with Gasteiger partial charge in [0.25, 0.3) is 5.91 Å². The lowest BCUT2D eigenvalue weighted by Crippen LogP contribution is -2.44. The number of ether oxygens (including phenoxy) is 1. The minimum atomic E-state index is -0.566. The van der Waals surface area contributed by atoms with Crippen LogP contribution in [-0.4, -0.2) is 50.1 Å². The Labute approximate surface area is 161 Å². The molecule has 1 aliphatic heterocycles. The summed E-state index contributed by atoms with van der Waals surface area (Å²) < 4.78 is 5.84. The van der Waals surface area contributed by atoms with Gasteiger partial charge in [-0.15, -0.1) is 0 Å². The molecule has 0 bridgehead atoms. The number of hydrogen-bond donors (Lipinski definition) is 1. The van der Waals surface area contributed by atoms with Gasteiger partial charge in [0, 0.05) is 37.6 Å². The molecule has 0 spiro atoms. The van der Waals surface area contributed by atoms with Gasteiger partial charge in [0.05, 0.1) is 0 Å². The van der Waals surface area contributed by atoms with Crippen LogP contribution in [0.25, 0.3) is 0 Å². The maximum Gasteiger partial charge on any atom is 0.265 e. The van der Waals surface area contributed by atoms with Crippen molar-refractivity contribution in [2.24, 2.45) is 0 Å². The summed E-state index contributed by atoms with van der Waals surface area (Å²) >= 11 is 0. The van der Waals surface area contributed by atoms with Crippen molar-refractivity contribution in [3.8, 4) is 5.75 Å². The van der Waals surface area contributed by atoms with E-state index in [2.05, 4.69) is 40.4 Å². The quantitative estimate of drug-likeness (QED) is 0.879. The summed E-state index contributed by atoms with van der Waals surface area (Å²) in [6.45, 7) is 10.0. The van der Waals surface area contributed by atoms with Gasteiger partial charge in [-0.1, -0.05) is 17.7 Å². The third kappa shape index (κ3) is 5.01. The Bertz CT molecular complexity index is 781. The molecule has 5 heteroatoms. The molecule has 144 valence electrons. The number of nitrogens with one attached hydrogen (secondary N) is 1. The summed E-state index contributed by atoms with van der Waals surface area (Å²) in [5.41, 5.74) is 4.19. The van der Waals surface area contributed by atoms with E-state index in [4.69, 9.17) is 4.74 Å². The first-order chi connectivity index (χ1) is 12.9. The fourth-order valence-corrected chi connectivity index (χ4v) is 3.24.